The number of nitrogens with zero attached hydrogens (tertiary/aromatic N) is 3. The second-order valence-electron chi connectivity index (χ2n) is 8.49. The van der Waals surface area contributed by atoms with Gasteiger partial charge in [-0.2, -0.15) is 0 Å². The zero-order chi connectivity index (χ0) is 26.5. The lowest BCUT2D eigenvalue weighted by Crippen LogP contribution is -2.43. The summed E-state index contributed by atoms with van der Waals surface area (Å²) in [4.78, 5) is 24.4. The van der Waals surface area contributed by atoms with E-state index in [9.17, 15) is 4.79 Å². The Morgan fingerprint density at radius 2 is 1.68 bits per heavy atom. The Hall–Kier alpha value is -3.71. The molecule has 196 valence electrons. The van der Waals surface area contributed by atoms with Crippen molar-refractivity contribution in [1.29, 1.82) is 0 Å². The summed E-state index contributed by atoms with van der Waals surface area (Å²) in [6, 6.07) is 21.5. The Morgan fingerprint density at radius 1 is 0.946 bits per heavy atom. The first-order valence-corrected chi connectivity index (χ1v) is 12.9. The highest BCUT2D eigenvalue weighted by Gasteiger charge is 2.25. The number of esters is 1. The molecule has 3 rings (SSSR count). The summed E-state index contributed by atoms with van der Waals surface area (Å²) in [6.07, 6.45) is 2.38. The maximum Gasteiger partial charge on any atom is 0.323 e. The monoisotopic (exact) mass is 503 g/mol. The summed E-state index contributed by atoms with van der Waals surface area (Å²) in [5, 5.41) is 4.21. The topological polar surface area (TPSA) is 73.2 Å². The highest BCUT2D eigenvalue weighted by Crippen LogP contribution is 2.18. The predicted molar refractivity (Wildman–Crippen MR) is 147 cm³/mol. The first-order chi connectivity index (χ1) is 18.0. The average Bonchev–Trinajstić information content (AvgIpc) is 2.94. The van der Waals surface area contributed by atoms with Crippen molar-refractivity contribution in [3.05, 3.63) is 84.1 Å². The van der Waals surface area contributed by atoms with Crippen LogP contribution in [0.2, 0.25) is 0 Å². The van der Waals surface area contributed by atoms with E-state index in [2.05, 4.69) is 28.9 Å². The number of benzene rings is 2. The first kappa shape index (κ1) is 27.9. The molecule has 0 N–H and O–H groups in total. The van der Waals surface area contributed by atoms with Gasteiger partial charge in [0.2, 0.25) is 0 Å². The molecule has 0 bridgehead atoms. The fourth-order valence-electron chi connectivity index (χ4n) is 4.02. The van der Waals surface area contributed by atoms with Gasteiger partial charge >= 0.3 is 5.97 Å². The zero-order valence-corrected chi connectivity index (χ0v) is 22.2. The van der Waals surface area contributed by atoms with Gasteiger partial charge in [-0.25, -0.2) is 0 Å². The van der Waals surface area contributed by atoms with Crippen LogP contribution < -0.4 is 4.74 Å². The van der Waals surface area contributed by atoms with Gasteiger partial charge in [0, 0.05) is 11.8 Å². The van der Waals surface area contributed by atoms with Crippen molar-refractivity contribution in [2.75, 3.05) is 32.9 Å². The minimum absolute atomic E-state index is 0.177. The number of hydrogen-bond acceptors (Lipinski definition) is 7. The number of rotatable bonds is 14. The summed E-state index contributed by atoms with van der Waals surface area (Å²) < 4.78 is 11.1. The van der Waals surface area contributed by atoms with Crippen LogP contribution in [0.25, 0.3) is 11.3 Å². The number of oxime groups is 1. The molecular formula is C30H37N3O4. The van der Waals surface area contributed by atoms with Crippen LogP contribution in [-0.2, 0) is 20.8 Å². The molecule has 0 amide bonds. The van der Waals surface area contributed by atoms with Gasteiger partial charge < -0.3 is 14.3 Å². The lowest BCUT2D eigenvalue weighted by Gasteiger charge is -2.27. The molecule has 2 aromatic carbocycles. The minimum Gasteiger partial charge on any atom is -0.490 e. The molecule has 1 heterocycles. The Balaban J connectivity index is 1.46. The number of carbonyl (C=O) groups excluding carboxylic acids is 1. The van der Waals surface area contributed by atoms with Gasteiger partial charge in [0.25, 0.3) is 0 Å². The lowest BCUT2D eigenvalue weighted by molar-refractivity contribution is -0.149. The summed E-state index contributed by atoms with van der Waals surface area (Å²) in [7, 11) is 0. The number of carbonyl (C=O) groups is 1. The molecular weight excluding hydrogens is 466 g/mol. The normalized spacial score (nSPS) is 12.3. The molecule has 7 heteroatoms. The number of likely N-dealkylation sites (N-methyl/N-ethyl adjacent to an activating group) is 1. The predicted octanol–water partition coefficient (Wildman–Crippen LogP) is 5.38. The van der Waals surface area contributed by atoms with Crippen LogP contribution in [0.3, 0.4) is 0 Å². The summed E-state index contributed by atoms with van der Waals surface area (Å²) in [5.74, 6) is 0.567. The van der Waals surface area contributed by atoms with E-state index in [0.717, 1.165) is 46.9 Å². The second kappa shape index (κ2) is 14.8. The van der Waals surface area contributed by atoms with Crippen molar-refractivity contribution in [2.45, 2.75) is 40.2 Å². The summed E-state index contributed by atoms with van der Waals surface area (Å²) in [5.41, 5.74) is 4.83. The third-order valence-electron chi connectivity index (χ3n) is 6.07. The molecule has 1 atom stereocenters. The van der Waals surface area contributed by atoms with E-state index in [4.69, 9.17) is 14.3 Å². The molecule has 0 saturated carbocycles. The fourth-order valence-corrected chi connectivity index (χ4v) is 4.02. The lowest BCUT2D eigenvalue weighted by atomic mass is 10.0. The Kier molecular flexibility index (Phi) is 11.1. The summed E-state index contributed by atoms with van der Waals surface area (Å²) in [6.45, 7) is 10.5. The zero-order valence-electron chi connectivity index (χ0n) is 22.2. The van der Waals surface area contributed by atoms with Crippen molar-refractivity contribution in [3.8, 4) is 17.0 Å². The number of ether oxygens (including phenoxy) is 2. The van der Waals surface area contributed by atoms with E-state index in [0.29, 0.717) is 26.2 Å². The van der Waals surface area contributed by atoms with E-state index in [1.54, 1.807) is 6.20 Å². The third-order valence-corrected chi connectivity index (χ3v) is 6.07. The Morgan fingerprint density at radius 3 is 2.30 bits per heavy atom. The maximum absolute atomic E-state index is 12.5. The highest BCUT2D eigenvalue weighted by molar-refractivity contribution is 5.98. The van der Waals surface area contributed by atoms with Crippen LogP contribution in [0.4, 0.5) is 0 Å². The van der Waals surface area contributed by atoms with E-state index in [1.807, 2.05) is 80.6 Å². The van der Waals surface area contributed by atoms with Crippen molar-refractivity contribution in [3.63, 3.8) is 0 Å². The van der Waals surface area contributed by atoms with Crippen LogP contribution in [0.15, 0.2) is 78.1 Å². The molecule has 7 nitrogen and oxygen atoms in total. The fraction of sp³-hybridized carbons (Fsp3) is 0.367. The molecule has 0 aliphatic rings. The van der Waals surface area contributed by atoms with Crippen molar-refractivity contribution in [1.82, 2.24) is 9.88 Å². The van der Waals surface area contributed by atoms with Crippen LogP contribution in [0.5, 0.6) is 5.75 Å². The third kappa shape index (κ3) is 8.43. The molecule has 0 aliphatic heterocycles. The molecule has 1 aromatic heterocycles. The molecule has 3 aromatic rings. The number of pyridine rings is 1. The van der Waals surface area contributed by atoms with Gasteiger partial charge in [0.15, 0.2) is 6.61 Å². The van der Waals surface area contributed by atoms with E-state index >= 15 is 0 Å². The van der Waals surface area contributed by atoms with Crippen molar-refractivity contribution >= 4 is 11.7 Å². The van der Waals surface area contributed by atoms with Crippen molar-refractivity contribution in [2.24, 2.45) is 5.16 Å². The molecule has 0 radical (unpaired) electrons. The van der Waals surface area contributed by atoms with Crippen LogP contribution in [-0.4, -0.2) is 60.5 Å². The SMILES string of the molecule is CCOC(=O)C(Cc1ccc(OCCON=C(C)c2ccc(-c3ccccn3)cc2)cc1)N(CC)CC. The molecule has 0 aliphatic carbocycles. The summed E-state index contributed by atoms with van der Waals surface area (Å²) >= 11 is 0. The van der Waals surface area contributed by atoms with Crippen molar-refractivity contribution < 1.29 is 19.1 Å². The standard InChI is InChI=1S/C30H37N3O4/c1-5-33(6-2)29(30(34)35-7-3)22-24-11-17-27(18-12-24)36-20-21-37-32-23(4)25-13-15-26(16-14-25)28-10-8-9-19-31-28/h8-19,29H,5-7,20-22H2,1-4H3. The Bertz CT molecular complexity index is 1110. The van der Waals surface area contributed by atoms with Gasteiger partial charge in [-0.3, -0.25) is 14.7 Å². The van der Waals surface area contributed by atoms with Gasteiger partial charge in [0.05, 0.1) is 18.0 Å². The van der Waals surface area contributed by atoms with E-state index < -0.39 is 0 Å². The molecule has 37 heavy (non-hydrogen) atoms. The van der Waals surface area contributed by atoms with Gasteiger partial charge in [-0.05, 0) is 68.8 Å². The number of hydrogen-bond donors (Lipinski definition) is 0. The van der Waals surface area contributed by atoms with E-state index in [1.165, 1.54) is 0 Å². The quantitative estimate of drug-likeness (QED) is 0.127. The Labute approximate surface area is 220 Å². The second-order valence-corrected chi connectivity index (χ2v) is 8.49. The highest BCUT2D eigenvalue weighted by atomic mass is 16.6. The van der Waals surface area contributed by atoms with Gasteiger partial charge in [-0.15, -0.1) is 0 Å². The van der Waals surface area contributed by atoms with Crippen LogP contribution in [0.1, 0.15) is 38.8 Å². The maximum atomic E-state index is 12.5. The van der Waals surface area contributed by atoms with Crippen LogP contribution >= 0.6 is 0 Å². The van der Waals surface area contributed by atoms with Gasteiger partial charge in [0.1, 0.15) is 18.4 Å². The van der Waals surface area contributed by atoms with Gasteiger partial charge in [-0.1, -0.05) is 61.5 Å². The first-order valence-electron chi connectivity index (χ1n) is 12.9. The molecule has 0 saturated heterocycles. The molecule has 0 fully saturated rings. The average molecular weight is 504 g/mol. The van der Waals surface area contributed by atoms with E-state index in [-0.39, 0.29) is 12.0 Å². The molecule has 1 unspecified atom stereocenters. The minimum atomic E-state index is -0.289. The largest absolute Gasteiger partial charge is 0.490 e. The smallest absolute Gasteiger partial charge is 0.323 e. The molecule has 0 spiro atoms. The number of aromatic nitrogens is 1. The van der Waals surface area contributed by atoms with Crippen LogP contribution in [0, 0.1) is 0 Å².